The molecule has 0 radical (unpaired) electrons. The number of anilines is 2. The average Bonchev–Trinajstić information content (AvgIpc) is 3.49. The average molecular weight is 589 g/mol. The molecule has 0 aliphatic carbocycles. The minimum atomic E-state index is -0.478. The smallest absolute Gasteiger partial charge is 0.228 e. The molecule has 4 aliphatic heterocycles. The van der Waals surface area contributed by atoms with Gasteiger partial charge in [0, 0.05) is 61.2 Å². The van der Waals surface area contributed by atoms with Gasteiger partial charge in [-0.15, -0.1) is 0 Å². The number of halogens is 2. The zero-order valence-corrected chi connectivity index (χ0v) is 25.3. The summed E-state index contributed by atoms with van der Waals surface area (Å²) in [5.41, 5.74) is 3.27. The Kier molecular flexibility index (Phi) is 6.91. The van der Waals surface area contributed by atoms with Gasteiger partial charge in [0.2, 0.25) is 5.95 Å². The van der Waals surface area contributed by atoms with Gasteiger partial charge in [0.1, 0.15) is 17.1 Å². The quantitative estimate of drug-likeness (QED) is 0.288. The fourth-order valence-corrected chi connectivity index (χ4v) is 7.79. The van der Waals surface area contributed by atoms with Crippen LogP contribution in [0, 0.1) is 18.2 Å². The second-order valence-electron chi connectivity index (χ2n) is 12.9. The van der Waals surface area contributed by atoms with Gasteiger partial charge in [0.25, 0.3) is 0 Å². The Morgan fingerprint density at radius 3 is 2.55 bits per heavy atom. The first-order valence-electron chi connectivity index (χ1n) is 15.0. The third kappa shape index (κ3) is 4.93. The van der Waals surface area contributed by atoms with Crippen molar-refractivity contribution in [3.63, 3.8) is 0 Å². The molecule has 4 aliphatic rings. The van der Waals surface area contributed by atoms with Crippen LogP contribution in [0.1, 0.15) is 42.9 Å². The highest BCUT2D eigenvalue weighted by Gasteiger charge is 2.48. The molecule has 1 aromatic heterocycles. The Balaban J connectivity index is 1.30. The number of likely N-dealkylation sites (tertiary alicyclic amines) is 1. The van der Waals surface area contributed by atoms with Crippen LogP contribution in [-0.4, -0.2) is 78.4 Å². The molecule has 3 aromatic rings. The molecule has 2 unspecified atom stereocenters. The number of aliphatic hydroxyl groups is 1. The van der Waals surface area contributed by atoms with Crippen LogP contribution >= 0.6 is 11.6 Å². The predicted octanol–water partition coefficient (Wildman–Crippen LogP) is 5.82. The van der Waals surface area contributed by atoms with E-state index in [1.807, 2.05) is 31.2 Å². The molecule has 0 saturated carbocycles. The number of benzene rings is 2. The Morgan fingerprint density at radius 1 is 1.12 bits per heavy atom. The van der Waals surface area contributed by atoms with Gasteiger partial charge in [-0.1, -0.05) is 35.9 Å². The van der Waals surface area contributed by atoms with E-state index < -0.39 is 5.82 Å². The molecule has 220 valence electrons. The molecule has 2 aromatic carbocycles. The summed E-state index contributed by atoms with van der Waals surface area (Å²) in [7, 11) is 2.17. The molecular formula is C33H38ClFN6O. The van der Waals surface area contributed by atoms with Crippen molar-refractivity contribution in [3.8, 4) is 0 Å². The van der Waals surface area contributed by atoms with Crippen molar-refractivity contribution in [2.75, 3.05) is 56.1 Å². The lowest BCUT2D eigenvalue weighted by molar-refractivity contribution is 0.215. The molecule has 7 nitrogen and oxygen atoms in total. The Bertz CT molecular complexity index is 1600. The number of allylic oxidation sites excluding steroid dienone is 2. The first kappa shape index (κ1) is 27.6. The van der Waals surface area contributed by atoms with Crippen molar-refractivity contribution in [1.82, 2.24) is 20.2 Å². The van der Waals surface area contributed by atoms with Crippen LogP contribution in [0.25, 0.3) is 22.6 Å². The lowest BCUT2D eigenvalue weighted by atomic mass is 9.79. The molecule has 4 fully saturated rings. The summed E-state index contributed by atoms with van der Waals surface area (Å²) in [6.07, 6.45) is 6.70. The summed E-state index contributed by atoms with van der Waals surface area (Å²) < 4.78 is 16.6. The van der Waals surface area contributed by atoms with E-state index in [0.717, 1.165) is 69.1 Å². The van der Waals surface area contributed by atoms with E-state index in [1.165, 1.54) is 6.42 Å². The Labute approximate surface area is 251 Å². The first-order valence-corrected chi connectivity index (χ1v) is 15.3. The van der Waals surface area contributed by atoms with E-state index in [1.54, 1.807) is 25.1 Å². The number of aliphatic hydroxyl groups excluding tert-OH is 1. The van der Waals surface area contributed by atoms with Crippen molar-refractivity contribution in [2.24, 2.45) is 5.41 Å². The number of nitrogens with one attached hydrogen (secondary N) is 1. The summed E-state index contributed by atoms with van der Waals surface area (Å²) in [6.45, 7) is 9.35. The van der Waals surface area contributed by atoms with Crippen LogP contribution in [0.4, 0.5) is 16.2 Å². The van der Waals surface area contributed by atoms with Crippen molar-refractivity contribution >= 4 is 45.9 Å². The summed E-state index contributed by atoms with van der Waals surface area (Å²) in [5, 5.41) is 15.4. The monoisotopic (exact) mass is 588 g/mol. The Hall–Kier alpha value is -3.20. The predicted molar refractivity (Wildman–Crippen MR) is 169 cm³/mol. The van der Waals surface area contributed by atoms with Crippen LogP contribution in [-0.2, 0) is 0 Å². The zero-order valence-electron chi connectivity index (χ0n) is 24.5. The molecule has 2 atom stereocenters. The number of hydrogen-bond donors (Lipinski definition) is 2. The molecule has 9 heteroatoms. The van der Waals surface area contributed by atoms with E-state index in [0.29, 0.717) is 29.0 Å². The van der Waals surface area contributed by atoms with Crippen molar-refractivity contribution < 1.29 is 9.50 Å². The highest BCUT2D eigenvalue weighted by Crippen LogP contribution is 2.43. The van der Waals surface area contributed by atoms with Crippen molar-refractivity contribution in [3.05, 3.63) is 69.7 Å². The maximum absolute atomic E-state index is 16.6. The maximum Gasteiger partial charge on any atom is 0.228 e. The van der Waals surface area contributed by atoms with Gasteiger partial charge in [-0.25, -0.2) is 9.37 Å². The molecule has 2 bridgehead atoms. The standard InChI is InChI=1S/C33H38ClFN6O/c1-20-6-4-5-7-22(20)13-25(42)12-21(2)28-27(34)14-26-30(29(28)35)37-32(41-18-33(19-41)10-11-39(3)17-33)38-31(26)40-15-23-8-9-24(16-40)36-23/h4-7,12-14,23-24,36,42H,8-11,15-19H2,1-3H3/b21-12+,25-13+. The molecule has 42 heavy (non-hydrogen) atoms. The number of fused-ring (bicyclic) bond motifs is 3. The van der Waals surface area contributed by atoms with Gasteiger partial charge in [0.15, 0.2) is 5.82 Å². The van der Waals surface area contributed by atoms with E-state index in [-0.39, 0.29) is 27.3 Å². The van der Waals surface area contributed by atoms with Gasteiger partial charge < -0.3 is 25.1 Å². The fraction of sp³-hybridized carbons (Fsp3) is 0.455. The van der Waals surface area contributed by atoms with Crippen LogP contribution in [0.2, 0.25) is 5.02 Å². The summed E-state index contributed by atoms with van der Waals surface area (Å²) in [6, 6.07) is 10.4. The second kappa shape index (κ2) is 10.5. The number of rotatable bonds is 5. The highest BCUT2D eigenvalue weighted by atomic mass is 35.5. The minimum absolute atomic E-state index is 0.0325. The van der Waals surface area contributed by atoms with E-state index in [9.17, 15) is 5.11 Å². The normalized spacial score (nSPS) is 24.2. The fourth-order valence-electron chi connectivity index (χ4n) is 7.45. The number of nitrogens with zero attached hydrogens (tertiary/aromatic N) is 5. The topological polar surface area (TPSA) is 67.8 Å². The van der Waals surface area contributed by atoms with Crippen LogP contribution in [0.15, 0.2) is 42.2 Å². The third-order valence-electron chi connectivity index (χ3n) is 9.58. The molecule has 1 spiro atoms. The lowest BCUT2D eigenvalue weighted by Crippen LogP contribution is -2.58. The second-order valence-corrected chi connectivity index (χ2v) is 13.3. The zero-order chi connectivity index (χ0) is 29.2. The summed E-state index contributed by atoms with van der Waals surface area (Å²) in [4.78, 5) is 16.8. The van der Waals surface area contributed by atoms with Crippen molar-refractivity contribution in [1.29, 1.82) is 0 Å². The summed E-state index contributed by atoms with van der Waals surface area (Å²) >= 11 is 6.81. The molecule has 2 N–H and O–H groups in total. The number of aryl methyl sites for hydroxylation is 1. The van der Waals surface area contributed by atoms with Gasteiger partial charge in [-0.05, 0) is 81.6 Å². The number of hydrogen-bond acceptors (Lipinski definition) is 7. The molecule has 5 heterocycles. The van der Waals surface area contributed by atoms with E-state index >= 15 is 4.39 Å². The largest absolute Gasteiger partial charge is 0.508 e. The summed E-state index contributed by atoms with van der Waals surface area (Å²) in [5.74, 6) is 0.896. The molecule has 7 rings (SSSR count). The third-order valence-corrected chi connectivity index (χ3v) is 9.88. The highest BCUT2D eigenvalue weighted by molar-refractivity contribution is 6.33. The SMILES string of the molecule is C/C(=C\C(O)=C/c1ccccc1C)c1c(Cl)cc2c(N3CC4CCC(C3)N4)nc(N3CC4(CCN(C)C4)C3)nc2c1F. The first-order chi connectivity index (χ1) is 20.2. The minimum Gasteiger partial charge on any atom is -0.508 e. The van der Waals surface area contributed by atoms with Crippen LogP contribution < -0.4 is 15.1 Å². The van der Waals surface area contributed by atoms with E-state index in [4.69, 9.17) is 21.6 Å². The molecular weight excluding hydrogens is 551 g/mol. The van der Waals surface area contributed by atoms with E-state index in [2.05, 4.69) is 27.1 Å². The van der Waals surface area contributed by atoms with Gasteiger partial charge in [0.05, 0.1) is 5.02 Å². The number of piperazine rings is 1. The molecule has 4 saturated heterocycles. The van der Waals surface area contributed by atoms with Crippen molar-refractivity contribution in [2.45, 2.75) is 45.2 Å². The van der Waals surface area contributed by atoms with Crippen LogP contribution in [0.5, 0.6) is 0 Å². The van der Waals surface area contributed by atoms with Crippen LogP contribution in [0.3, 0.4) is 0 Å². The molecule has 0 amide bonds. The van der Waals surface area contributed by atoms with Gasteiger partial charge in [-0.3, -0.25) is 0 Å². The Morgan fingerprint density at radius 2 is 1.86 bits per heavy atom. The van der Waals surface area contributed by atoms with Gasteiger partial charge in [-0.2, -0.15) is 4.98 Å². The van der Waals surface area contributed by atoms with Gasteiger partial charge >= 0.3 is 0 Å². The number of aromatic nitrogens is 2. The lowest BCUT2D eigenvalue weighted by Gasteiger charge is -2.48. The maximum atomic E-state index is 16.6.